The van der Waals surface area contributed by atoms with E-state index >= 15 is 0 Å². The molecule has 4 aromatic rings. The van der Waals surface area contributed by atoms with Gasteiger partial charge in [0.15, 0.2) is 6.79 Å². The van der Waals surface area contributed by atoms with E-state index in [1.54, 1.807) is 0 Å². The summed E-state index contributed by atoms with van der Waals surface area (Å²) in [4.78, 5) is 0. The zero-order valence-corrected chi connectivity index (χ0v) is 20.6. The van der Waals surface area contributed by atoms with Crippen molar-refractivity contribution < 1.29 is 14.2 Å². The standard InChI is InChI=1S/C31H35NO3/c1-2-33-22-35-31-14-12-25-8-4-6-10-27(25)29(31)21-28-26-9-5-3-7-24(26)11-13-30(28)34-20-17-23-15-18-32-19-16-23/h3-14,23,32H,2,15-22H2,1H3. The van der Waals surface area contributed by atoms with Gasteiger partial charge < -0.3 is 19.5 Å². The quantitative estimate of drug-likeness (QED) is 0.207. The number of benzene rings is 4. The first-order valence-electron chi connectivity index (χ1n) is 12.9. The summed E-state index contributed by atoms with van der Waals surface area (Å²) in [7, 11) is 0. The van der Waals surface area contributed by atoms with E-state index in [0.717, 1.165) is 50.0 Å². The summed E-state index contributed by atoms with van der Waals surface area (Å²) in [5.74, 6) is 2.59. The summed E-state index contributed by atoms with van der Waals surface area (Å²) in [6.07, 6.45) is 4.31. The SMILES string of the molecule is CCOCOc1ccc2ccccc2c1Cc1c(OCCC2CCNCC2)ccc2ccccc12. The van der Waals surface area contributed by atoms with E-state index in [2.05, 4.69) is 78.1 Å². The topological polar surface area (TPSA) is 39.7 Å². The van der Waals surface area contributed by atoms with Crippen LogP contribution in [0.1, 0.15) is 37.3 Å². The van der Waals surface area contributed by atoms with Crippen LogP contribution in [-0.4, -0.2) is 33.1 Å². The number of piperidine rings is 1. The predicted molar refractivity (Wildman–Crippen MR) is 144 cm³/mol. The Morgan fingerprint density at radius 3 is 1.97 bits per heavy atom. The molecule has 1 aliphatic heterocycles. The molecule has 0 amide bonds. The van der Waals surface area contributed by atoms with Gasteiger partial charge in [0.05, 0.1) is 6.61 Å². The van der Waals surface area contributed by atoms with Gasteiger partial charge in [0.25, 0.3) is 0 Å². The largest absolute Gasteiger partial charge is 0.493 e. The fraction of sp³-hybridized carbons (Fsp3) is 0.355. The van der Waals surface area contributed by atoms with Crippen molar-refractivity contribution in [1.82, 2.24) is 5.32 Å². The molecule has 0 bridgehead atoms. The first kappa shape index (κ1) is 23.7. The molecule has 4 heteroatoms. The molecule has 35 heavy (non-hydrogen) atoms. The van der Waals surface area contributed by atoms with Crippen LogP contribution in [0.5, 0.6) is 11.5 Å². The number of nitrogens with one attached hydrogen (secondary N) is 1. The Hall–Kier alpha value is -3.08. The maximum absolute atomic E-state index is 6.48. The smallest absolute Gasteiger partial charge is 0.189 e. The third-order valence-corrected chi connectivity index (χ3v) is 7.09. The Morgan fingerprint density at radius 2 is 1.34 bits per heavy atom. The number of ether oxygens (including phenoxy) is 3. The Balaban J connectivity index is 1.50. The van der Waals surface area contributed by atoms with Crippen LogP contribution >= 0.6 is 0 Å². The third kappa shape index (κ3) is 5.61. The van der Waals surface area contributed by atoms with Gasteiger partial charge in [-0.05, 0) is 78.9 Å². The fourth-order valence-corrected chi connectivity index (χ4v) is 5.14. The van der Waals surface area contributed by atoms with Gasteiger partial charge in [-0.3, -0.25) is 0 Å². The molecular formula is C31H35NO3. The van der Waals surface area contributed by atoms with Crippen molar-refractivity contribution in [2.24, 2.45) is 5.92 Å². The molecule has 1 N–H and O–H groups in total. The molecular weight excluding hydrogens is 434 g/mol. The first-order valence-corrected chi connectivity index (χ1v) is 12.9. The molecule has 182 valence electrons. The van der Waals surface area contributed by atoms with Crippen LogP contribution in [0.2, 0.25) is 0 Å². The highest BCUT2D eigenvalue weighted by molar-refractivity contribution is 5.91. The number of hydrogen-bond acceptors (Lipinski definition) is 4. The molecule has 0 atom stereocenters. The molecule has 1 aliphatic rings. The molecule has 5 rings (SSSR count). The van der Waals surface area contributed by atoms with Crippen molar-refractivity contribution in [3.8, 4) is 11.5 Å². The van der Waals surface area contributed by atoms with Gasteiger partial charge in [-0.25, -0.2) is 0 Å². The van der Waals surface area contributed by atoms with E-state index < -0.39 is 0 Å². The Kier molecular flexibility index (Phi) is 7.82. The van der Waals surface area contributed by atoms with Crippen molar-refractivity contribution in [3.63, 3.8) is 0 Å². The van der Waals surface area contributed by atoms with Crippen LogP contribution in [0.15, 0.2) is 72.8 Å². The van der Waals surface area contributed by atoms with Crippen molar-refractivity contribution >= 4 is 21.5 Å². The van der Waals surface area contributed by atoms with E-state index in [9.17, 15) is 0 Å². The molecule has 4 nitrogen and oxygen atoms in total. The van der Waals surface area contributed by atoms with Crippen molar-refractivity contribution in [1.29, 1.82) is 0 Å². The maximum atomic E-state index is 6.48. The van der Waals surface area contributed by atoms with Crippen LogP contribution < -0.4 is 14.8 Å². The van der Waals surface area contributed by atoms with Crippen LogP contribution in [-0.2, 0) is 11.2 Å². The van der Waals surface area contributed by atoms with Crippen LogP contribution in [0.3, 0.4) is 0 Å². The van der Waals surface area contributed by atoms with Gasteiger partial charge in [-0.15, -0.1) is 0 Å². The average Bonchev–Trinajstić information content (AvgIpc) is 2.91. The van der Waals surface area contributed by atoms with Gasteiger partial charge in [-0.2, -0.15) is 0 Å². The Labute approximate surface area is 208 Å². The van der Waals surface area contributed by atoms with Crippen LogP contribution in [0.25, 0.3) is 21.5 Å². The summed E-state index contributed by atoms with van der Waals surface area (Å²) < 4.78 is 18.1. The molecule has 0 unspecified atom stereocenters. The Bertz CT molecular complexity index is 1260. The van der Waals surface area contributed by atoms with E-state index in [4.69, 9.17) is 14.2 Å². The van der Waals surface area contributed by atoms with Crippen molar-refractivity contribution in [2.75, 3.05) is 33.1 Å². The highest BCUT2D eigenvalue weighted by Gasteiger charge is 2.17. The predicted octanol–water partition coefficient (Wildman–Crippen LogP) is 6.73. The van der Waals surface area contributed by atoms with Crippen molar-refractivity contribution in [3.05, 3.63) is 83.9 Å². The van der Waals surface area contributed by atoms with Gasteiger partial charge in [0, 0.05) is 24.2 Å². The minimum atomic E-state index is 0.247. The minimum absolute atomic E-state index is 0.247. The van der Waals surface area contributed by atoms with Crippen molar-refractivity contribution in [2.45, 2.75) is 32.6 Å². The lowest BCUT2D eigenvalue weighted by molar-refractivity contribution is 0.0220. The zero-order valence-electron chi connectivity index (χ0n) is 20.6. The number of fused-ring (bicyclic) bond motifs is 2. The van der Waals surface area contributed by atoms with Crippen LogP contribution in [0, 0.1) is 5.92 Å². The van der Waals surface area contributed by atoms with Crippen LogP contribution in [0.4, 0.5) is 0 Å². The normalized spacial score (nSPS) is 14.4. The lowest BCUT2D eigenvalue weighted by atomic mass is 9.93. The highest BCUT2D eigenvalue weighted by Crippen LogP contribution is 2.36. The van der Waals surface area contributed by atoms with Gasteiger partial charge in [0.1, 0.15) is 11.5 Å². The molecule has 1 fully saturated rings. The van der Waals surface area contributed by atoms with E-state index in [-0.39, 0.29) is 6.79 Å². The second kappa shape index (κ2) is 11.6. The van der Waals surface area contributed by atoms with Gasteiger partial charge in [-0.1, -0.05) is 60.7 Å². The fourth-order valence-electron chi connectivity index (χ4n) is 5.14. The number of hydrogen-bond donors (Lipinski definition) is 1. The molecule has 1 heterocycles. The Morgan fingerprint density at radius 1 is 0.743 bits per heavy atom. The molecule has 4 aromatic carbocycles. The van der Waals surface area contributed by atoms with Gasteiger partial charge >= 0.3 is 0 Å². The highest BCUT2D eigenvalue weighted by atomic mass is 16.7. The summed E-state index contributed by atoms with van der Waals surface area (Å²) in [5.41, 5.74) is 2.38. The van der Waals surface area contributed by atoms with E-state index in [1.807, 2.05) is 6.92 Å². The number of rotatable bonds is 10. The second-order valence-electron chi connectivity index (χ2n) is 9.29. The second-order valence-corrected chi connectivity index (χ2v) is 9.29. The third-order valence-electron chi connectivity index (χ3n) is 7.09. The maximum Gasteiger partial charge on any atom is 0.189 e. The monoisotopic (exact) mass is 469 g/mol. The lowest BCUT2D eigenvalue weighted by Gasteiger charge is -2.23. The molecule has 0 radical (unpaired) electrons. The molecule has 1 saturated heterocycles. The summed E-state index contributed by atoms with van der Waals surface area (Å²) in [5, 5.41) is 8.33. The lowest BCUT2D eigenvalue weighted by Crippen LogP contribution is -2.28. The average molecular weight is 470 g/mol. The summed E-state index contributed by atoms with van der Waals surface area (Å²) in [6, 6.07) is 25.6. The zero-order chi connectivity index (χ0) is 23.9. The molecule has 0 spiro atoms. The summed E-state index contributed by atoms with van der Waals surface area (Å²) >= 11 is 0. The summed E-state index contributed by atoms with van der Waals surface area (Å²) in [6.45, 7) is 5.85. The van der Waals surface area contributed by atoms with E-state index in [1.165, 1.54) is 45.5 Å². The van der Waals surface area contributed by atoms with E-state index in [0.29, 0.717) is 6.61 Å². The molecule has 0 aromatic heterocycles. The van der Waals surface area contributed by atoms with Gasteiger partial charge in [0.2, 0.25) is 0 Å². The first-order chi connectivity index (χ1) is 17.3. The molecule has 0 saturated carbocycles. The molecule has 0 aliphatic carbocycles. The minimum Gasteiger partial charge on any atom is -0.493 e.